The third kappa shape index (κ3) is 4.84. The van der Waals surface area contributed by atoms with Crippen LogP contribution in [0.1, 0.15) is 24.4 Å². The Labute approximate surface area is 95.1 Å². The molecule has 0 unspecified atom stereocenters. The predicted molar refractivity (Wildman–Crippen MR) is 60.0 cm³/mol. The second-order valence-electron chi connectivity index (χ2n) is 3.83. The van der Waals surface area contributed by atoms with Crippen molar-refractivity contribution in [1.29, 1.82) is 0 Å². The van der Waals surface area contributed by atoms with Gasteiger partial charge in [0, 0.05) is 19.2 Å². The minimum absolute atomic E-state index is 0.215. The van der Waals surface area contributed by atoms with E-state index in [2.05, 4.69) is 14.9 Å². The fourth-order valence-corrected chi connectivity index (χ4v) is 1.45. The first-order valence-corrected chi connectivity index (χ1v) is 5.27. The van der Waals surface area contributed by atoms with Crippen LogP contribution in [-0.4, -0.2) is 39.5 Å². The Kier molecular flexibility index (Phi) is 4.85. The molecule has 1 heterocycles. The Morgan fingerprint density at radius 1 is 1.56 bits per heavy atom. The van der Waals surface area contributed by atoms with Gasteiger partial charge in [-0.05, 0) is 33.0 Å². The summed E-state index contributed by atoms with van der Waals surface area (Å²) >= 11 is 0. The molecule has 0 bridgehead atoms. The Morgan fingerprint density at radius 3 is 2.94 bits per heavy atom. The predicted octanol–water partition coefficient (Wildman–Crippen LogP) is 1.08. The van der Waals surface area contributed by atoms with E-state index in [-0.39, 0.29) is 6.42 Å². The molecule has 0 aliphatic carbocycles. The van der Waals surface area contributed by atoms with E-state index >= 15 is 0 Å². The van der Waals surface area contributed by atoms with Crippen LogP contribution in [0.4, 0.5) is 0 Å². The van der Waals surface area contributed by atoms with Crippen LogP contribution in [0.15, 0.2) is 12.3 Å². The highest BCUT2D eigenvalue weighted by atomic mass is 16.4. The molecule has 88 valence electrons. The number of carboxylic acid groups (broad SMARTS) is 1. The van der Waals surface area contributed by atoms with Gasteiger partial charge < -0.3 is 10.0 Å². The molecule has 0 aromatic carbocycles. The van der Waals surface area contributed by atoms with Crippen molar-refractivity contribution in [1.82, 2.24) is 14.9 Å². The highest BCUT2D eigenvalue weighted by Crippen LogP contribution is 2.01. The number of carboxylic acids is 1. The van der Waals surface area contributed by atoms with Crippen LogP contribution >= 0.6 is 0 Å². The molecule has 16 heavy (non-hydrogen) atoms. The lowest BCUT2D eigenvalue weighted by Crippen LogP contribution is -2.20. The number of carbonyl (C=O) groups is 1. The number of aromatic nitrogens is 2. The lowest BCUT2D eigenvalue weighted by Gasteiger charge is -2.15. The molecule has 0 saturated carbocycles. The summed E-state index contributed by atoms with van der Waals surface area (Å²) in [7, 11) is 1.96. The normalized spacial score (nSPS) is 10.7. The van der Waals surface area contributed by atoms with Crippen LogP contribution in [0.25, 0.3) is 0 Å². The van der Waals surface area contributed by atoms with E-state index in [4.69, 9.17) is 5.11 Å². The summed E-state index contributed by atoms with van der Waals surface area (Å²) in [6.07, 6.45) is 2.62. The lowest BCUT2D eigenvalue weighted by atomic mass is 10.3. The summed E-state index contributed by atoms with van der Waals surface area (Å²) < 4.78 is 0. The number of hydrogen-bond donors (Lipinski definition) is 1. The van der Waals surface area contributed by atoms with Crippen molar-refractivity contribution in [2.24, 2.45) is 0 Å². The van der Waals surface area contributed by atoms with Crippen LogP contribution in [-0.2, 0) is 11.3 Å². The second-order valence-corrected chi connectivity index (χ2v) is 3.83. The van der Waals surface area contributed by atoms with Crippen molar-refractivity contribution in [3.05, 3.63) is 23.8 Å². The summed E-state index contributed by atoms with van der Waals surface area (Å²) in [5.41, 5.74) is 0.963. The van der Waals surface area contributed by atoms with E-state index in [0.29, 0.717) is 6.42 Å². The highest BCUT2D eigenvalue weighted by Gasteiger charge is 2.03. The number of rotatable bonds is 6. The van der Waals surface area contributed by atoms with Crippen molar-refractivity contribution >= 4 is 5.97 Å². The maximum atomic E-state index is 10.3. The van der Waals surface area contributed by atoms with Gasteiger partial charge in [-0.2, -0.15) is 0 Å². The zero-order valence-electron chi connectivity index (χ0n) is 9.68. The van der Waals surface area contributed by atoms with Crippen molar-refractivity contribution < 1.29 is 9.90 Å². The quantitative estimate of drug-likeness (QED) is 0.781. The van der Waals surface area contributed by atoms with Gasteiger partial charge in [0.15, 0.2) is 0 Å². The Hall–Kier alpha value is -1.49. The third-order valence-corrected chi connectivity index (χ3v) is 2.20. The van der Waals surface area contributed by atoms with Gasteiger partial charge in [0.2, 0.25) is 0 Å². The zero-order chi connectivity index (χ0) is 12.0. The Balaban J connectivity index is 2.33. The van der Waals surface area contributed by atoms with E-state index in [9.17, 15) is 4.79 Å². The molecular weight excluding hydrogens is 206 g/mol. The SMILES string of the molecule is Cc1nccc(CN(C)CCCC(=O)O)n1. The maximum Gasteiger partial charge on any atom is 0.303 e. The summed E-state index contributed by atoms with van der Waals surface area (Å²) in [6, 6.07) is 1.88. The monoisotopic (exact) mass is 223 g/mol. The first-order chi connectivity index (χ1) is 7.58. The Morgan fingerprint density at radius 2 is 2.31 bits per heavy atom. The van der Waals surface area contributed by atoms with E-state index < -0.39 is 5.97 Å². The maximum absolute atomic E-state index is 10.3. The smallest absolute Gasteiger partial charge is 0.303 e. The standard InChI is InChI=1S/C11H17N3O2/c1-9-12-6-5-10(13-9)8-14(2)7-3-4-11(15)16/h5-6H,3-4,7-8H2,1-2H3,(H,15,16). The van der Waals surface area contributed by atoms with Crippen LogP contribution in [0.3, 0.4) is 0 Å². The summed E-state index contributed by atoms with van der Waals surface area (Å²) in [6.45, 7) is 3.34. The molecular formula is C11H17N3O2. The zero-order valence-corrected chi connectivity index (χ0v) is 9.68. The summed E-state index contributed by atoms with van der Waals surface area (Å²) in [5.74, 6) is 0.0164. The van der Waals surface area contributed by atoms with Gasteiger partial charge in [-0.1, -0.05) is 0 Å². The number of hydrogen-bond acceptors (Lipinski definition) is 4. The van der Waals surface area contributed by atoms with Crippen molar-refractivity contribution in [3.63, 3.8) is 0 Å². The van der Waals surface area contributed by atoms with Gasteiger partial charge in [-0.3, -0.25) is 4.79 Å². The summed E-state index contributed by atoms with van der Waals surface area (Å²) in [5, 5.41) is 8.51. The molecule has 1 aromatic heterocycles. The topological polar surface area (TPSA) is 66.3 Å². The third-order valence-electron chi connectivity index (χ3n) is 2.20. The van der Waals surface area contributed by atoms with Crippen LogP contribution in [0.2, 0.25) is 0 Å². The first-order valence-electron chi connectivity index (χ1n) is 5.27. The average Bonchev–Trinajstić information content (AvgIpc) is 2.16. The van der Waals surface area contributed by atoms with Crippen LogP contribution in [0.5, 0.6) is 0 Å². The molecule has 1 N–H and O–H groups in total. The number of nitrogens with zero attached hydrogens (tertiary/aromatic N) is 3. The Bertz CT molecular complexity index is 355. The van der Waals surface area contributed by atoms with Gasteiger partial charge in [0.25, 0.3) is 0 Å². The van der Waals surface area contributed by atoms with Gasteiger partial charge in [-0.25, -0.2) is 9.97 Å². The molecule has 5 nitrogen and oxygen atoms in total. The van der Waals surface area contributed by atoms with Crippen molar-refractivity contribution in [3.8, 4) is 0 Å². The molecule has 0 aliphatic rings. The number of aryl methyl sites for hydroxylation is 1. The van der Waals surface area contributed by atoms with E-state index in [1.165, 1.54) is 0 Å². The fraction of sp³-hybridized carbons (Fsp3) is 0.545. The molecule has 0 fully saturated rings. The molecule has 0 spiro atoms. The van der Waals surface area contributed by atoms with Crippen molar-refractivity contribution in [2.45, 2.75) is 26.3 Å². The van der Waals surface area contributed by atoms with Gasteiger partial charge >= 0.3 is 5.97 Å². The van der Waals surface area contributed by atoms with E-state index in [1.807, 2.05) is 20.0 Å². The average molecular weight is 223 g/mol. The second kappa shape index (κ2) is 6.17. The molecule has 0 amide bonds. The molecule has 0 atom stereocenters. The molecule has 0 radical (unpaired) electrons. The van der Waals surface area contributed by atoms with Gasteiger partial charge in [0.05, 0.1) is 5.69 Å². The molecule has 1 aromatic rings. The van der Waals surface area contributed by atoms with Gasteiger partial charge in [0.1, 0.15) is 5.82 Å². The molecule has 0 aliphatic heterocycles. The van der Waals surface area contributed by atoms with Crippen molar-refractivity contribution in [2.75, 3.05) is 13.6 Å². The first kappa shape index (κ1) is 12.6. The van der Waals surface area contributed by atoms with Crippen LogP contribution < -0.4 is 0 Å². The molecule has 5 heteroatoms. The number of aliphatic carboxylic acids is 1. The molecule has 0 saturated heterocycles. The van der Waals surface area contributed by atoms with E-state index in [1.54, 1.807) is 6.20 Å². The lowest BCUT2D eigenvalue weighted by molar-refractivity contribution is -0.137. The van der Waals surface area contributed by atoms with E-state index in [0.717, 1.165) is 24.6 Å². The molecule has 1 rings (SSSR count). The largest absolute Gasteiger partial charge is 0.481 e. The minimum atomic E-state index is -0.744. The summed E-state index contributed by atoms with van der Waals surface area (Å²) in [4.78, 5) is 20.7. The van der Waals surface area contributed by atoms with Crippen LogP contribution in [0, 0.1) is 6.92 Å². The fourth-order valence-electron chi connectivity index (χ4n) is 1.45. The van der Waals surface area contributed by atoms with Gasteiger partial charge in [-0.15, -0.1) is 0 Å². The minimum Gasteiger partial charge on any atom is -0.481 e. The highest BCUT2D eigenvalue weighted by molar-refractivity contribution is 5.66.